The Morgan fingerprint density at radius 3 is 1.14 bits per heavy atom. The molecule has 0 N–H and O–H groups in total. The molecule has 16 heterocycles. The number of fused-ring (bicyclic) bond motifs is 8. The number of morpholine rings is 1. The van der Waals surface area contributed by atoms with Crippen molar-refractivity contribution in [3.8, 4) is 45.0 Å². The molecule has 612 valence electrons. The standard InChI is InChI=1S/C26H31N5O3.C23H25N3O2.C22H24N4O2.C21H25N5O2/c1-18(32)30-8-5-24-23(17-30)26(28-31(24)20-6-11-33-12-7-20)21-4-2-3-19-15-25(27-16-22(19)21)29-9-13-34-14-10-29;1-16(27)25-12-9-22-21(15-25)23(24-26(22)18-10-13-28-14-11-18)20-8-4-6-17-5-2-3-7-19(17)20;1-15(27)25-11-7-21-19(14-25)22(24-26(21)16-8-12-28-13-9-16)18-6-10-23-20-5-3-2-4-17(18)20;1-14(27)25-9-6-20-18(13-25)21(23-26(20)15-7-10-28-11-8-15)16-4-3-5-19-17(16)12-24(2)22-19/h2-4,15-16,20H,5-14,17H2,1H3;2-8,18H,9-15H2,1H3;2-6,10,16H,7-9,11-14H2,1H3;3-5,12,15H,6-11,13H2,1-2H3. The fourth-order valence-corrected chi connectivity index (χ4v) is 19.1. The fourth-order valence-electron chi connectivity index (χ4n) is 19.1. The van der Waals surface area contributed by atoms with Gasteiger partial charge in [-0.05, 0) is 91.8 Å². The summed E-state index contributed by atoms with van der Waals surface area (Å²) in [5.41, 5.74) is 20.3. The smallest absolute Gasteiger partial charge is 0.219 e. The highest BCUT2D eigenvalue weighted by Gasteiger charge is 2.37. The van der Waals surface area contributed by atoms with Gasteiger partial charge < -0.3 is 48.2 Å². The lowest BCUT2D eigenvalue weighted by atomic mass is 9.96. The van der Waals surface area contributed by atoms with E-state index in [9.17, 15) is 19.2 Å². The Hall–Kier alpha value is -11.0. The highest BCUT2D eigenvalue weighted by Crippen LogP contribution is 2.43. The Kier molecular flexibility index (Phi) is 22.9. The van der Waals surface area contributed by atoms with Crippen molar-refractivity contribution in [3.05, 3.63) is 179 Å². The normalized spacial score (nSPS) is 18.2. The van der Waals surface area contributed by atoms with Gasteiger partial charge in [0, 0.05) is 281 Å². The van der Waals surface area contributed by atoms with Crippen molar-refractivity contribution < 1.29 is 42.9 Å². The predicted molar refractivity (Wildman–Crippen MR) is 452 cm³/mol. The van der Waals surface area contributed by atoms with Crippen LogP contribution in [0.3, 0.4) is 0 Å². The molecule has 4 amide bonds. The molecule has 26 heteroatoms. The Labute approximate surface area is 686 Å². The molecule has 26 nitrogen and oxygen atoms in total. The number of aromatic nitrogens is 12. The van der Waals surface area contributed by atoms with Gasteiger partial charge in [-0.15, -0.1) is 0 Å². The third-order valence-corrected chi connectivity index (χ3v) is 25.5. The first-order valence-corrected chi connectivity index (χ1v) is 42.5. The Bertz CT molecular complexity index is 5530. The monoisotopic (exact) mass is 1590 g/mol. The topological polar surface area (TPSA) is 246 Å². The van der Waals surface area contributed by atoms with Crippen LogP contribution in [0.1, 0.15) is 148 Å². The van der Waals surface area contributed by atoms with Gasteiger partial charge in [0.15, 0.2) is 0 Å². The lowest BCUT2D eigenvalue weighted by Gasteiger charge is -2.29. The predicted octanol–water partition coefficient (Wildman–Crippen LogP) is 13.2. The number of rotatable bonds is 9. The first kappa shape index (κ1) is 78.2. The molecule has 5 fully saturated rings. The van der Waals surface area contributed by atoms with Crippen LogP contribution >= 0.6 is 0 Å². The second kappa shape index (κ2) is 34.5. The molecule has 5 saturated heterocycles. The average Bonchev–Trinajstić information content (AvgIpc) is 1.62. The third-order valence-electron chi connectivity index (χ3n) is 25.5. The van der Waals surface area contributed by atoms with Gasteiger partial charge in [-0.3, -0.25) is 47.6 Å². The second-order valence-corrected chi connectivity index (χ2v) is 32.6. The van der Waals surface area contributed by atoms with Gasteiger partial charge in [0.25, 0.3) is 0 Å². The van der Waals surface area contributed by atoms with Crippen molar-refractivity contribution in [2.24, 2.45) is 7.05 Å². The minimum absolute atomic E-state index is 0.116. The molecule has 12 aromatic rings. The number of hydrogen-bond acceptors (Lipinski definition) is 17. The van der Waals surface area contributed by atoms with Gasteiger partial charge in [0.05, 0.1) is 71.2 Å². The summed E-state index contributed by atoms with van der Waals surface area (Å²) in [6, 6.07) is 41.3. The van der Waals surface area contributed by atoms with E-state index >= 15 is 0 Å². The van der Waals surface area contributed by atoms with Crippen molar-refractivity contribution in [2.45, 2.75) is 155 Å². The number of pyridine rings is 2. The Morgan fingerprint density at radius 2 is 0.703 bits per heavy atom. The van der Waals surface area contributed by atoms with Gasteiger partial charge >= 0.3 is 0 Å². The summed E-state index contributed by atoms with van der Waals surface area (Å²) in [7, 11) is 1.94. The number of carbonyl (C=O) groups excluding carboxylic acids is 4. The number of hydrogen-bond donors (Lipinski definition) is 0. The average molecular weight is 1590 g/mol. The van der Waals surface area contributed by atoms with Crippen molar-refractivity contribution >= 4 is 72.8 Å². The van der Waals surface area contributed by atoms with E-state index in [0.717, 1.165) is 266 Å². The molecule has 0 bridgehead atoms. The van der Waals surface area contributed by atoms with E-state index < -0.39 is 0 Å². The van der Waals surface area contributed by atoms with E-state index in [4.69, 9.17) is 49.1 Å². The first-order chi connectivity index (χ1) is 57.7. The van der Waals surface area contributed by atoms with Gasteiger partial charge in [0.2, 0.25) is 23.6 Å². The number of benzene rings is 5. The van der Waals surface area contributed by atoms with Gasteiger partial charge in [-0.1, -0.05) is 91.0 Å². The first-order valence-electron chi connectivity index (χ1n) is 42.5. The van der Waals surface area contributed by atoms with Crippen molar-refractivity contribution in [3.63, 3.8) is 0 Å². The molecular formula is C92H105N17O9. The Balaban J connectivity index is 0.000000109. The number of para-hydroxylation sites is 1. The number of nitrogens with zero attached hydrogens (tertiary/aromatic N) is 17. The minimum atomic E-state index is 0.116. The number of amides is 4. The van der Waals surface area contributed by atoms with Crippen LogP contribution < -0.4 is 4.90 Å². The largest absolute Gasteiger partial charge is 0.381 e. The number of aryl methyl sites for hydroxylation is 1. The van der Waals surface area contributed by atoms with Crippen LogP contribution in [0.15, 0.2) is 134 Å². The number of ether oxygens (including phenoxy) is 5. The molecule has 9 aliphatic heterocycles. The van der Waals surface area contributed by atoms with Gasteiger partial charge in [-0.25, -0.2) is 4.98 Å². The second-order valence-electron chi connectivity index (χ2n) is 32.6. The van der Waals surface area contributed by atoms with Crippen LogP contribution in [0.5, 0.6) is 0 Å². The lowest BCUT2D eigenvalue weighted by molar-refractivity contribution is -0.130. The van der Waals surface area contributed by atoms with E-state index in [-0.39, 0.29) is 23.6 Å². The molecule has 0 spiro atoms. The molecule has 9 aliphatic rings. The van der Waals surface area contributed by atoms with Crippen molar-refractivity contribution in [2.75, 3.05) is 110 Å². The highest BCUT2D eigenvalue weighted by atomic mass is 16.5. The van der Waals surface area contributed by atoms with Crippen LogP contribution in [0.2, 0.25) is 0 Å². The number of carbonyl (C=O) groups is 4. The zero-order chi connectivity index (χ0) is 80.5. The summed E-state index contributed by atoms with van der Waals surface area (Å²) < 4.78 is 38.6. The maximum absolute atomic E-state index is 12.2. The van der Waals surface area contributed by atoms with E-state index in [1.165, 1.54) is 55.8 Å². The number of anilines is 1. The highest BCUT2D eigenvalue weighted by molar-refractivity contribution is 5.99. The molecule has 0 aliphatic carbocycles. The van der Waals surface area contributed by atoms with Gasteiger partial charge in [-0.2, -0.15) is 25.5 Å². The van der Waals surface area contributed by atoms with Crippen LogP contribution in [0.25, 0.3) is 88.4 Å². The summed E-state index contributed by atoms with van der Waals surface area (Å²) >= 11 is 0. The minimum Gasteiger partial charge on any atom is -0.381 e. The molecule has 5 aromatic carbocycles. The summed E-state index contributed by atoms with van der Waals surface area (Å²) in [5.74, 6) is 1.48. The molecule has 0 atom stereocenters. The van der Waals surface area contributed by atoms with E-state index in [1.54, 1.807) is 27.7 Å². The maximum atomic E-state index is 12.2. The zero-order valence-corrected chi connectivity index (χ0v) is 68.4. The van der Waals surface area contributed by atoms with Crippen LogP contribution in [0.4, 0.5) is 5.82 Å². The third kappa shape index (κ3) is 15.8. The summed E-state index contributed by atoms with van der Waals surface area (Å²) in [5, 5.41) is 32.0. The fraction of sp³-hybridized carbons (Fsp3) is 0.446. The van der Waals surface area contributed by atoms with E-state index in [1.807, 2.05) is 80.1 Å². The molecular weight excluding hydrogens is 1490 g/mol. The molecule has 0 unspecified atom stereocenters. The summed E-state index contributed by atoms with van der Waals surface area (Å²) in [6.45, 7) is 21.6. The maximum Gasteiger partial charge on any atom is 0.219 e. The Morgan fingerprint density at radius 1 is 0.347 bits per heavy atom. The molecule has 7 aromatic heterocycles. The molecule has 0 saturated carbocycles. The molecule has 118 heavy (non-hydrogen) atoms. The van der Waals surface area contributed by atoms with Crippen LogP contribution in [-0.4, -0.2) is 207 Å². The lowest BCUT2D eigenvalue weighted by Crippen LogP contribution is -2.36. The van der Waals surface area contributed by atoms with E-state index in [0.29, 0.717) is 50.3 Å². The van der Waals surface area contributed by atoms with Crippen LogP contribution in [0, 0.1) is 0 Å². The molecule has 21 rings (SSSR count). The van der Waals surface area contributed by atoms with E-state index in [2.05, 4.69) is 119 Å². The SMILES string of the molecule is CC(=O)N1CCc2c(c(-c3cccc4cc(N5CCOCC5)ncc34)nn2C2CCOCC2)C1.CC(=O)N1CCc2c(c(-c3cccc4ccccc34)nn2C2CCOCC2)C1.CC(=O)N1CCc2c(c(-c3cccc4nn(C)cc34)nn2C2CCOCC2)C1.CC(=O)N1CCc2c(c(-c3ccnc4ccccc34)nn2C2CCOCC2)C1. The van der Waals surface area contributed by atoms with Crippen molar-refractivity contribution in [1.29, 1.82) is 0 Å². The summed E-state index contributed by atoms with van der Waals surface area (Å²) in [4.78, 5) is 67.7. The van der Waals surface area contributed by atoms with Crippen molar-refractivity contribution in [1.82, 2.24) is 78.5 Å². The quantitative estimate of drug-likeness (QED) is 0.130. The summed E-state index contributed by atoms with van der Waals surface area (Å²) in [6.07, 6.45) is 17.2. The zero-order valence-electron chi connectivity index (χ0n) is 68.4. The molecule has 0 radical (unpaired) electrons. The van der Waals surface area contributed by atoms with Gasteiger partial charge in [0.1, 0.15) is 5.82 Å². The van der Waals surface area contributed by atoms with Crippen LogP contribution in [-0.2, 0) is 102 Å².